The zero-order valence-electron chi connectivity index (χ0n) is 23.5. The molecule has 1 aliphatic heterocycles. The second-order valence-electron chi connectivity index (χ2n) is 10.0. The van der Waals surface area contributed by atoms with Crippen LogP contribution in [0.4, 0.5) is 0 Å². The molecule has 1 saturated heterocycles. The number of aromatic nitrogens is 1. The number of rotatable bonds is 12. The van der Waals surface area contributed by atoms with Gasteiger partial charge in [-0.05, 0) is 64.5 Å². The summed E-state index contributed by atoms with van der Waals surface area (Å²) >= 11 is 0. The molecule has 2 atom stereocenters. The Balaban J connectivity index is 2.39. The summed E-state index contributed by atoms with van der Waals surface area (Å²) in [6.07, 6.45) is 5.30. The number of ether oxygens (including phenoxy) is 2. The molecule has 0 aliphatic carbocycles. The first-order valence-corrected chi connectivity index (χ1v) is 13.2. The van der Waals surface area contributed by atoms with Crippen molar-refractivity contribution in [3.8, 4) is 18.0 Å². The molecule has 1 aromatic heterocycles. The fourth-order valence-electron chi connectivity index (χ4n) is 4.30. The van der Waals surface area contributed by atoms with Gasteiger partial charge in [-0.2, -0.15) is 10.5 Å². The van der Waals surface area contributed by atoms with E-state index in [1.807, 2.05) is 39.8 Å². The number of hydrogen-bond donors (Lipinski definition) is 0. The number of likely N-dealkylation sites (tertiary alicyclic amines) is 1. The van der Waals surface area contributed by atoms with Gasteiger partial charge in [-0.25, -0.2) is 0 Å². The maximum Gasteiger partial charge on any atom is 0.268 e. The molecular formula is C29H37N4O6-. The molecule has 1 aromatic rings. The average Bonchev–Trinajstić information content (AvgIpc) is 2.87. The molecule has 0 radical (unpaired) electrons. The molecule has 0 N–H and O–H groups in total. The lowest BCUT2D eigenvalue weighted by molar-refractivity contribution is -0.280. The average molecular weight is 538 g/mol. The lowest BCUT2D eigenvalue weighted by Crippen LogP contribution is -2.50. The zero-order valence-corrected chi connectivity index (χ0v) is 23.5. The third-order valence-corrected chi connectivity index (χ3v) is 6.47. The SMILES string of the molecule is Cc1c(C=CC=C2C(=O)N(CCCOC(C)C)C(=O)C(C#N)C2C)c([O-])n(CCCOC(C)C)c(=O)c1C#N. The molecule has 0 saturated carbocycles. The van der Waals surface area contributed by atoms with Crippen LogP contribution in [0.2, 0.25) is 0 Å². The van der Waals surface area contributed by atoms with Crippen LogP contribution in [0.25, 0.3) is 6.08 Å². The van der Waals surface area contributed by atoms with Crippen molar-refractivity contribution in [2.75, 3.05) is 19.8 Å². The van der Waals surface area contributed by atoms with E-state index in [2.05, 4.69) is 0 Å². The van der Waals surface area contributed by atoms with Gasteiger partial charge in [-0.3, -0.25) is 19.3 Å². The molecule has 1 aliphatic rings. The highest BCUT2D eigenvalue weighted by Crippen LogP contribution is 2.30. The van der Waals surface area contributed by atoms with Crippen LogP contribution in [0.15, 0.2) is 22.5 Å². The largest absolute Gasteiger partial charge is 0.860 e. The van der Waals surface area contributed by atoms with Gasteiger partial charge in [0, 0.05) is 37.8 Å². The number of carbonyl (C=O) groups excluding carboxylic acids is 2. The van der Waals surface area contributed by atoms with Crippen LogP contribution in [0.5, 0.6) is 5.88 Å². The minimum atomic E-state index is -1.02. The van der Waals surface area contributed by atoms with Crippen LogP contribution in [0.1, 0.15) is 64.2 Å². The minimum absolute atomic E-state index is 0.0118. The zero-order chi connectivity index (χ0) is 29.3. The second-order valence-corrected chi connectivity index (χ2v) is 10.0. The molecule has 2 unspecified atom stereocenters. The molecule has 0 aromatic carbocycles. The second kappa shape index (κ2) is 14.4. The first-order valence-electron chi connectivity index (χ1n) is 13.2. The third kappa shape index (κ3) is 7.66. The predicted molar refractivity (Wildman–Crippen MR) is 143 cm³/mol. The third-order valence-electron chi connectivity index (χ3n) is 6.47. The first-order chi connectivity index (χ1) is 18.5. The van der Waals surface area contributed by atoms with Crippen molar-refractivity contribution >= 4 is 17.9 Å². The number of carbonyl (C=O) groups is 2. The number of piperidine rings is 1. The summed E-state index contributed by atoms with van der Waals surface area (Å²) < 4.78 is 12.0. The molecule has 39 heavy (non-hydrogen) atoms. The fourth-order valence-corrected chi connectivity index (χ4v) is 4.30. The Hall–Kier alpha value is -3.73. The molecule has 2 heterocycles. The summed E-state index contributed by atoms with van der Waals surface area (Å²) in [5.41, 5.74) is -0.120. The van der Waals surface area contributed by atoms with E-state index in [-0.39, 0.29) is 47.6 Å². The van der Waals surface area contributed by atoms with Gasteiger partial charge in [0.15, 0.2) is 0 Å². The van der Waals surface area contributed by atoms with Gasteiger partial charge in [0.05, 0.1) is 18.3 Å². The van der Waals surface area contributed by atoms with Crippen molar-refractivity contribution in [2.24, 2.45) is 11.8 Å². The standard InChI is InChI=1S/C29H38N4O6/c1-18(2)38-14-8-12-32-26(34)22(20(5)24(16-30)28(32)36)10-7-11-23-21(6)25(17-31)29(37)33(27(23)35)13-9-15-39-19(3)4/h7,10-11,18-20,24,35H,8-9,12-15H2,1-6H3/p-1. The van der Waals surface area contributed by atoms with E-state index in [1.165, 1.54) is 25.2 Å². The summed E-state index contributed by atoms with van der Waals surface area (Å²) in [7, 11) is 0. The smallest absolute Gasteiger partial charge is 0.268 e. The van der Waals surface area contributed by atoms with Crippen molar-refractivity contribution in [3.05, 3.63) is 44.8 Å². The van der Waals surface area contributed by atoms with E-state index in [0.717, 1.165) is 9.47 Å². The molecular weight excluding hydrogens is 500 g/mol. The van der Waals surface area contributed by atoms with Crippen molar-refractivity contribution in [1.29, 1.82) is 10.5 Å². The molecule has 0 bridgehead atoms. The van der Waals surface area contributed by atoms with E-state index in [1.54, 1.807) is 6.92 Å². The molecule has 10 heteroatoms. The molecule has 1 fully saturated rings. The minimum Gasteiger partial charge on any atom is -0.860 e. The van der Waals surface area contributed by atoms with E-state index >= 15 is 0 Å². The van der Waals surface area contributed by atoms with Crippen LogP contribution in [-0.2, 0) is 25.6 Å². The van der Waals surface area contributed by atoms with Gasteiger partial charge in [-0.15, -0.1) is 0 Å². The number of allylic oxidation sites excluding steroid dienone is 2. The van der Waals surface area contributed by atoms with Gasteiger partial charge in [0.1, 0.15) is 17.6 Å². The number of hydrogen-bond acceptors (Lipinski definition) is 8. The number of nitriles is 2. The van der Waals surface area contributed by atoms with Crippen molar-refractivity contribution < 1.29 is 24.2 Å². The Morgan fingerprint density at radius 2 is 1.62 bits per heavy atom. The summed E-state index contributed by atoms with van der Waals surface area (Å²) in [6, 6.07) is 3.90. The maximum absolute atomic E-state index is 13.2. The lowest BCUT2D eigenvalue weighted by Gasteiger charge is -2.33. The predicted octanol–water partition coefficient (Wildman–Crippen LogP) is 2.82. The summed E-state index contributed by atoms with van der Waals surface area (Å²) in [5, 5.41) is 32.4. The quantitative estimate of drug-likeness (QED) is 0.224. The van der Waals surface area contributed by atoms with Gasteiger partial charge in [0.25, 0.3) is 11.5 Å². The molecule has 210 valence electrons. The van der Waals surface area contributed by atoms with Crippen LogP contribution in [0.3, 0.4) is 0 Å². The Kier molecular flexibility index (Phi) is 11.7. The van der Waals surface area contributed by atoms with Crippen LogP contribution >= 0.6 is 0 Å². The van der Waals surface area contributed by atoms with Crippen LogP contribution < -0.4 is 10.7 Å². The normalized spacial score (nSPS) is 18.9. The molecule has 2 amide bonds. The number of nitrogens with zero attached hydrogens (tertiary/aromatic N) is 4. The van der Waals surface area contributed by atoms with Crippen molar-refractivity contribution in [2.45, 2.75) is 73.1 Å². The highest BCUT2D eigenvalue weighted by Gasteiger charge is 2.42. The Labute approximate surface area is 229 Å². The summed E-state index contributed by atoms with van der Waals surface area (Å²) in [4.78, 5) is 39.8. The topological polar surface area (TPSA) is 148 Å². The van der Waals surface area contributed by atoms with Crippen molar-refractivity contribution in [1.82, 2.24) is 9.47 Å². The van der Waals surface area contributed by atoms with Crippen LogP contribution in [-0.4, -0.2) is 53.2 Å². The Morgan fingerprint density at radius 3 is 2.15 bits per heavy atom. The lowest BCUT2D eigenvalue weighted by atomic mass is 9.82. The van der Waals surface area contributed by atoms with E-state index in [4.69, 9.17) is 9.47 Å². The highest BCUT2D eigenvalue weighted by molar-refractivity contribution is 6.09. The number of pyridine rings is 1. The van der Waals surface area contributed by atoms with Gasteiger partial charge < -0.3 is 19.1 Å². The van der Waals surface area contributed by atoms with Gasteiger partial charge in [-0.1, -0.05) is 25.2 Å². The van der Waals surface area contributed by atoms with Gasteiger partial charge >= 0.3 is 0 Å². The molecule has 0 spiro atoms. The number of imide groups is 1. The molecule has 10 nitrogen and oxygen atoms in total. The van der Waals surface area contributed by atoms with E-state index in [9.17, 15) is 30.0 Å². The maximum atomic E-state index is 13.2. The summed E-state index contributed by atoms with van der Waals surface area (Å²) in [6.45, 7) is 11.7. The van der Waals surface area contributed by atoms with Crippen molar-refractivity contribution in [3.63, 3.8) is 0 Å². The highest BCUT2D eigenvalue weighted by atomic mass is 16.5. The fraction of sp³-hybridized carbons (Fsp3) is 0.552. The first kappa shape index (κ1) is 31.5. The number of amides is 2. The van der Waals surface area contributed by atoms with Crippen LogP contribution in [0, 0.1) is 41.4 Å². The van der Waals surface area contributed by atoms with E-state index in [0.29, 0.717) is 26.1 Å². The monoisotopic (exact) mass is 537 g/mol. The van der Waals surface area contributed by atoms with E-state index < -0.39 is 35.1 Å². The Bertz CT molecular complexity index is 1260. The Morgan fingerprint density at radius 1 is 1.03 bits per heavy atom. The molecule has 2 rings (SSSR count). The summed E-state index contributed by atoms with van der Waals surface area (Å²) in [5.74, 6) is -3.26. The van der Waals surface area contributed by atoms with Gasteiger partial charge in [0.2, 0.25) is 5.91 Å².